The highest BCUT2D eigenvalue weighted by Gasteiger charge is 2.26. The van der Waals surface area contributed by atoms with Crippen molar-refractivity contribution >= 4 is 38.8 Å². The number of hydrogen-bond acceptors (Lipinski definition) is 5. The molecule has 0 spiro atoms. The van der Waals surface area contributed by atoms with Crippen molar-refractivity contribution in [3.05, 3.63) is 47.7 Å². The maximum Gasteiger partial charge on any atom is 0.341 e. The first-order valence-electron chi connectivity index (χ1n) is 6.36. The summed E-state index contributed by atoms with van der Waals surface area (Å²) in [5, 5.41) is 2.53. The molecule has 1 aromatic carbocycles. The molecule has 24 heavy (non-hydrogen) atoms. The van der Waals surface area contributed by atoms with Crippen molar-refractivity contribution in [2.75, 3.05) is 10.7 Å². The van der Waals surface area contributed by atoms with Crippen molar-refractivity contribution in [3.8, 4) is 0 Å². The summed E-state index contributed by atoms with van der Waals surface area (Å²) in [6, 6.07) is 6.92. The highest BCUT2D eigenvalue weighted by atomic mass is 35.5. The Hall–Kier alpha value is -2.46. The molecule has 2 aromatic rings. The number of halogens is 3. The molecule has 0 radical (unpaired) electrons. The summed E-state index contributed by atoms with van der Waals surface area (Å²) in [7, 11) is -4.65. The first-order chi connectivity index (χ1) is 11.3. The van der Waals surface area contributed by atoms with Crippen LogP contribution in [0.3, 0.4) is 0 Å². The minimum atomic E-state index is -4.65. The van der Waals surface area contributed by atoms with Crippen LogP contribution in [0.4, 0.5) is 25.0 Å². The summed E-state index contributed by atoms with van der Waals surface area (Å²) in [5.74, 6) is -3.50. The average Bonchev–Trinajstić information content (AvgIpc) is 2.55. The quantitative estimate of drug-likeness (QED) is 0.550. The Labute approximate surface area is 140 Å². The summed E-state index contributed by atoms with van der Waals surface area (Å²) >= 11 is 5.78. The number of carbonyl (C=O) groups is 1. The SMILES string of the molecule is O=C(NNc1ccc(S(=O)(=O)C(F)F)cc1)Nc1cccnc1Cl. The highest BCUT2D eigenvalue weighted by molar-refractivity contribution is 7.91. The molecule has 0 atom stereocenters. The van der Waals surface area contributed by atoms with E-state index in [1.165, 1.54) is 18.3 Å². The molecule has 0 saturated heterocycles. The Kier molecular flexibility index (Phi) is 5.52. The van der Waals surface area contributed by atoms with E-state index in [2.05, 4.69) is 21.2 Å². The number of hydrazine groups is 1. The van der Waals surface area contributed by atoms with E-state index < -0.39 is 26.5 Å². The van der Waals surface area contributed by atoms with Gasteiger partial charge in [-0.1, -0.05) is 11.6 Å². The molecule has 0 bridgehead atoms. The van der Waals surface area contributed by atoms with Crippen LogP contribution in [0.25, 0.3) is 0 Å². The molecule has 1 heterocycles. The number of rotatable bonds is 5. The second-order valence-electron chi connectivity index (χ2n) is 4.38. The molecule has 3 N–H and O–H groups in total. The van der Waals surface area contributed by atoms with E-state index in [1.807, 2.05) is 0 Å². The monoisotopic (exact) mass is 376 g/mol. The molecule has 7 nitrogen and oxygen atoms in total. The molecule has 0 saturated carbocycles. The third-order valence-electron chi connectivity index (χ3n) is 2.75. The number of sulfone groups is 1. The standard InChI is InChI=1S/C13H11ClF2N4O3S/c14-11-10(2-1-7-17-11)18-13(21)20-19-8-3-5-9(6-4-8)24(22,23)12(15)16/h1-7,12,19H,(H2,18,20,21). The van der Waals surface area contributed by atoms with Gasteiger partial charge in [-0.15, -0.1) is 0 Å². The molecule has 2 amide bonds. The second-order valence-corrected chi connectivity index (χ2v) is 6.65. The molecule has 0 fully saturated rings. The van der Waals surface area contributed by atoms with Crippen LogP contribution in [0.1, 0.15) is 0 Å². The van der Waals surface area contributed by atoms with E-state index in [0.29, 0.717) is 0 Å². The number of urea groups is 1. The van der Waals surface area contributed by atoms with Crippen molar-refractivity contribution in [2.45, 2.75) is 10.7 Å². The fourth-order valence-electron chi connectivity index (χ4n) is 1.59. The zero-order valence-corrected chi connectivity index (χ0v) is 13.4. The Balaban J connectivity index is 1.95. The number of amides is 2. The summed E-state index contributed by atoms with van der Waals surface area (Å²) < 4.78 is 47.4. The van der Waals surface area contributed by atoms with Gasteiger partial charge in [0.25, 0.3) is 0 Å². The van der Waals surface area contributed by atoms with Crippen molar-refractivity contribution in [1.29, 1.82) is 0 Å². The van der Waals surface area contributed by atoms with E-state index >= 15 is 0 Å². The minimum absolute atomic E-state index is 0.106. The van der Waals surface area contributed by atoms with Gasteiger partial charge in [0, 0.05) is 6.20 Å². The lowest BCUT2D eigenvalue weighted by molar-refractivity contribution is 0.234. The lowest BCUT2D eigenvalue weighted by Crippen LogP contribution is -2.33. The maximum atomic E-state index is 12.4. The molecule has 2 rings (SSSR count). The number of pyridine rings is 1. The van der Waals surface area contributed by atoms with Crippen LogP contribution in [0, 0.1) is 0 Å². The number of nitrogens with one attached hydrogen (secondary N) is 3. The van der Waals surface area contributed by atoms with Gasteiger partial charge in [-0.3, -0.25) is 10.9 Å². The number of alkyl halides is 2. The zero-order valence-electron chi connectivity index (χ0n) is 11.8. The predicted octanol–water partition coefficient (Wildman–Crippen LogP) is 2.88. The molecule has 0 aliphatic heterocycles. The van der Waals surface area contributed by atoms with E-state index in [-0.39, 0.29) is 16.5 Å². The number of nitrogens with zero attached hydrogens (tertiary/aromatic N) is 1. The number of hydrogen-bond donors (Lipinski definition) is 3. The molecule has 128 valence electrons. The van der Waals surface area contributed by atoms with Crippen molar-refractivity contribution < 1.29 is 22.0 Å². The van der Waals surface area contributed by atoms with Gasteiger partial charge in [0.15, 0.2) is 5.15 Å². The number of aromatic nitrogens is 1. The summed E-state index contributed by atoms with van der Waals surface area (Å²) in [6.07, 6.45) is 1.46. The van der Waals surface area contributed by atoms with E-state index in [9.17, 15) is 22.0 Å². The highest BCUT2D eigenvalue weighted by Crippen LogP contribution is 2.20. The van der Waals surface area contributed by atoms with Crippen LogP contribution >= 0.6 is 11.6 Å². The van der Waals surface area contributed by atoms with Crippen molar-refractivity contribution in [2.24, 2.45) is 0 Å². The summed E-state index contributed by atoms with van der Waals surface area (Å²) in [6.45, 7) is 0. The van der Waals surface area contributed by atoms with Crippen molar-refractivity contribution in [1.82, 2.24) is 10.4 Å². The van der Waals surface area contributed by atoms with Gasteiger partial charge >= 0.3 is 11.8 Å². The lowest BCUT2D eigenvalue weighted by Gasteiger charge is -2.11. The molecule has 0 aliphatic carbocycles. The number of carbonyl (C=O) groups excluding carboxylic acids is 1. The Morgan fingerprint density at radius 3 is 2.42 bits per heavy atom. The zero-order chi connectivity index (χ0) is 17.7. The average molecular weight is 377 g/mol. The fraction of sp³-hybridized carbons (Fsp3) is 0.0769. The largest absolute Gasteiger partial charge is 0.341 e. The maximum absolute atomic E-state index is 12.4. The topological polar surface area (TPSA) is 100 Å². The minimum Gasteiger partial charge on any atom is -0.304 e. The van der Waals surface area contributed by atoms with E-state index in [0.717, 1.165) is 12.1 Å². The number of benzene rings is 1. The van der Waals surface area contributed by atoms with Crippen LogP contribution in [0.5, 0.6) is 0 Å². The lowest BCUT2D eigenvalue weighted by atomic mass is 10.3. The van der Waals surface area contributed by atoms with Gasteiger partial charge in [-0.2, -0.15) is 8.78 Å². The van der Waals surface area contributed by atoms with Gasteiger partial charge < -0.3 is 5.32 Å². The first kappa shape index (κ1) is 17.9. The molecule has 1 aromatic heterocycles. The number of anilines is 2. The predicted molar refractivity (Wildman–Crippen MR) is 84.7 cm³/mol. The van der Waals surface area contributed by atoms with Gasteiger partial charge in [0.2, 0.25) is 9.84 Å². The third kappa shape index (κ3) is 4.30. The second kappa shape index (κ2) is 7.41. The molecule has 0 unspecified atom stereocenters. The van der Waals surface area contributed by atoms with E-state index in [1.54, 1.807) is 12.1 Å². The molecular formula is C13H11ClF2N4O3S. The Morgan fingerprint density at radius 2 is 1.83 bits per heavy atom. The van der Waals surface area contributed by atoms with Gasteiger partial charge in [0.05, 0.1) is 16.3 Å². The van der Waals surface area contributed by atoms with Gasteiger partial charge in [-0.05, 0) is 36.4 Å². The van der Waals surface area contributed by atoms with Gasteiger partial charge in [0.1, 0.15) is 0 Å². The smallest absolute Gasteiger partial charge is 0.304 e. The van der Waals surface area contributed by atoms with Crippen LogP contribution in [0.15, 0.2) is 47.5 Å². The van der Waals surface area contributed by atoms with E-state index in [4.69, 9.17) is 11.6 Å². The summed E-state index contributed by atoms with van der Waals surface area (Å²) in [5.41, 5.74) is 5.33. The van der Waals surface area contributed by atoms with Crippen LogP contribution in [-0.2, 0) is 9.84 Å². The molecule has 11 heteroatoms. The Bertz CT molecular complexity index is 831. The molecule has 0 aliphatic rings. The van der Waals surface area contributed by atoms with Crippen molar-refractivity contribution in [3.63, 3.8) is 0 Å². The molecular weight excluding hydrogens is 366 g/mol. The summed E-state index contributed by atoms with van der Waals surface area (Å²) in [4.78, 5) is 15.0. The normalized spacial score (nSPS) is 11.2. The Morgan fingerprint density at radius 1 is 1.17 bits per heavy atom. The fourth-order valence-corrected chi connectivity index (χ4v) is 2.48. The van der Waals surface area contributed by atoms with Gasteiger partial charge in [-0.25, -0.2) is 18.2 Å². The van der Waals surface area contributed by atoms with Crippen LogP contribution in [0.2, 0.25) is 5.15 Å². The third-order valence-corrected chi connectivity index (χ3v) is 4.44. The first-order valence-corrected chi connectivity index (χ1v) is 8.29. The van der Waals surface area contributed by atoms with Crippen LogP contribution in [-0.4, -0.2) is 25.2 Å². The van der Waals surface area contributed by atoms with Crippen LogP contribution < -0.4 is 16.2 Å².